The molecular weight excluding hydrogens is 451 g/mol. The molecular formula is C25H31FN6O3. The number of aryl methyl sites for hydroxylation is 1. The van der Waals surface area contributed by atoms with E-state index in [-0.39, 0.29) is 18.0 Å². The summed E-state index contributed by atoms with van der Waals surface area (Å²) in [7, 11) is 1.53. The highest BCUT2D eigenvalue weighted by molar-refractivity contribution is 5.82. The van der Waals surface area contributed by atoms with Crippen LogP contribution in [0.2, 0.25) is 0 Å². The lowest BCUT2D eigenvalue weighted by Gasteiger charge is -2.38. The Morgan fingerprint density at radius 2 is 1.94 bits per heavy atom. The number of halogens is 1. The summed E-state index contributed by atoms with van der Waals surface area (Å²) >= 11 is 0. The maximum atomic E-state index is 15.5. The summed E-state index contributed by atoms with van der Waals surface area (Å²) < 4.78 is 28.1. The highest BCUT2D eigenvalue weighted by Gasteiger charge is 2.35. The Kier molecular flexibility index (Phi) is 5.82. The molecule has 35 heavy (non-hydrogen) atoms. The molecule has 0 bridgehead atoms. The van der Waals surface area contributed by atoms with Gasteiger partial charge in [-0.3, -0.25) is 4.90 Å². The van der Waals surface area contributed by atoms with Crippen LogP contribution in [0, 0.1) is 6.92 Å². The Balaban J connectivity index is 1.33. The van der Waals surface area contributed by atoms with Crippen LogP contribution in [0.25, 0.3) is 16.7 Å². The average Bonchev–Trinajstić information content (AvgIpc) is 3.51. The Morgan fingerprint density at radius 3 is 2.66 bits per heavy atom. The van der Waals surface area contributed by atoms with Gasteiger partial charge in [-0.2, -0.15) is 15.1 Å². The average molecular weight is 483 g/mol. The zero-order valence-corrected chi connectivity index (χ0v) is 20.1. The van der Waals surface area contributed by atoms with Crippen molar-refractivity contribution in [1.82, 2.24) is 24.6 Å². The number of β-amino-alcohol motifs (C(OH)–C–C–N with tert-alkyl or cyclic N) is 1. The minimum atomic E-state index is -0.930. The predicted molar refractivity (Wildman–Crippen MR) is 129 cm³/mol. The third-order valence-corrected chi connectivity index (χ3v) is 7.61. The fourth-order valence-electron chi connectivity index (χ4n) is 5.61. The molecule has 9 nitrogen and oxygen atoms in total. The molecule has 3 aromatic rings. The van der Waals surface area contributed by atoms with Gasteiger partial charge in [0.05, 0.1) is 31.5 Å². The highest BCUT2D eigenvalue weighted by Crippen LogP contribution is 2.36. The first-order valence-electron chi connectivity index (χ1n) is 12.3. The van der Waals surface area contributed by atoms with Crippen LogP contribution < -0.4 is 9.64 Å². The number of nitrogens with zero attached hydrogens (tertiary/aromatic N) is 6. The van der Waals surface area contributed by atoms with Crippen LogP contribution in [0.3, 0.4) is 0 Å². The Morgan fingerprint density at radius 1 is 1.11 bits per heavy atom. The number of piperidine rings is 1. The van der Waals surface area contributed by atoms with E-state index in [4.69, 9.17) is 9.47 Å². The number of aromatic nitrogens is 4. The van der Waals surface area contributed by atoms with E-state index in [1.165, 1.54) is 7.11 Å². The lowest BCUT2D eigenvalue weighted by Crippen LogP contribution is -2.51. The molecule has 0 aliphatic carbocycles. The van der Waals surface area contributed by atoms with Crippen molar-refractivity contribution >= 4 is 16.7 Å². The zero-order valence-electron chi connectivity index (χ0n) is 20.1. The van der Waals surface area contributed by atoms with Gasteiger partial charge in [-0.1, -0.05) is 0 Å². The lowest BCUT2D eigenvalue weighted by atomic mass is 9.84. The number of benzene rings is 1. The van der Waals surface area contributed by atoms with Crippen molar-refractivity contribution in [3.63, 3.8) is 0 Å². The van der Waals surface area contributed by atoms with Crippen molar-refractivity contribution in [2.24, 2.45) is 0 Å². The van der Waals surface area contributed by atoms with E-state index in [9.17, 15) is 5.11 Å². The van der Waals surface area contributed by atoms with E-state index in [0.29, 0.717) is 43.9 Å². The first-order valence-corrected chi connectivity index (χ1v) is 12.3. The summed E-state index contributed by atoms with van der Waals surface area (Å²) in [6.07, 6.45) is 2.30. The molecule has 0 spiro atoms. The second-order valence-electron chi connectivity index (χ2n) is 9.88. The van der Waals surface area contributed by atoms with Gasteiger partial charge in [0.15, 0.2) is 5.82 Å². The smallest absolute Gasteiger partial charge is 0.320 e. The number of ether oxygens (including phenoxy) is 2. The highest BCUT2D eigenvalue weighted by atomic mass is 19.1. The second-order valence-corrected chi connectivity index (χ2v) is 9.88. The van der Waals surface area contributed by atoms with Gasteiger partial charge in [0.25, 0.3) is 0 Å². The summed E-state index contributed by atoms with van der Waals surface area (Å²) in [6, 6.07) is 6.59. The molecule has 10 heteroatoms. The van der Waals surface area contributed by atoms with Crippen molar-refractivity contribution in [3.05, 3.63) is 35.5 Å². The van der Waals surface area contributed by atoms with Crippen LogP contribution in [0.15, 0.2) is 24.4 Å². The normalized spacial score (nSPS) is 25.8. The van der Waals surface area contributed by atoms with Gasteiger partial charge in [0.1, 0.15) is 12.0 Å². The molecule has 3 aliphatic rings. The second kappa shape index (κ2) is 9.00. The third-order valence-electron chi connectivity index (χ3n) is 7.61. The molecule has 3 saturated heterocycles. The predicted octanol–water partition coefficient (Wildman–Crippen LogP) is 2.23. The number of aliphatic hydroxyl groups is 1. The molecule has 1 N–H and O–H groups in total. The molecule has 6 rings (SSSR count). The fourth-order valence-corrected chi connectivity index (χ4v) is 5.61. The molecule has 3 fully saturated rings. The molecule has 3 aliphatic heterocycles. The molecule has 0 amide bonds. The van der Waals surface area contributed by atoms with Gasteiger partial charge < -0.3 is 19.5 Å². The van der Waals surface area contributed by atoms with E-state index in [1.807, 2.05) is 17.2 Å². The topological polar surface area (TPSA) is 88.8 Å². The number of hydrogen-bond donors (Lipinski definition) is 1. The monoisotopic (exact) mass is 482 g/mol. The van der Waals surface area contributed by atoms with Gasteiger partial charge >= 0.3 is 6.01 Å². The van der Waals surface area contributed by atoms with Gasteiger partial charge in [0.2, 0.25) is 0 Å². The minimum absolute atomic E-state index is 0.153. The third kappa shape index (κ3) is 4.13. The maximum absolute atomic E-state index is 15.5. The van der Waals surface area contributed by atoms with E-state index in [1.54, 1.807) is 4.68 Å². The summed E-state index contributed by atoms with van der Waals surface area (Å²) in [5, 5.41) is 15.3. The number of rotatable bonds is 5. The number of fused-ring (bicyclic) bond motifs is 1. The summed E-state index contributed by atoms with van der Waals surface area (Å²) in [6.45, 7) is 5.90. The van der Waals surface area contributed by atoms with Gasteiger partial charge in [-0.25, -0.2) is 9.07 Å². The van der Waals surface area contributed by atoms with Crippen LogP contribution in [0.5, 0.6) is 6.01 Å². The molecule has 5 heterocycles. The summed E-state index contributed by atoms with van der Waals surface area (Å²) in [5.74, 6) is 1.10. The lowest BCUT2D eigenvalue weighted by molar-refractivity contribution is 0.0728. The zero-order chi connectivity index (χ0) is 24.1. The van der Waals surface area contributed by atoms with Gasteiger partial charge in [-0.15, -0.1) is 0 Å². The Bertz CT molecular complexity index is 1220. The molecule has 1 aromatic carbocycles. The van der Waals surface area contributed by atoms with E-state index >= 15 is 4.39 Å². The van der Waals surface area contributed by atoms with Crippen molar-refractivity contribution in [2.45, 2.75) is 44.0 Å². The summed E-state index contributed by atoms with van der Waals surface area (Å²) in [5.41, 5.74) is 2.99. The number of aliphatic hydroxyl groups excluding tert-OH is 1. The van der Waals surface area contributed by atoms with Crippen molar-refractivity contribution in [1.29, 1.82) is 0 Å². The van der Waals surface area contributed by atoms with E-state index in [0.717, 1.165) is 48.0 Å². The molecule has 1 unspecified atom stereocenters. The molecule has 3 atom stereocenters. The van der Waals surface area contributed by atoms with Crippen LogP contribution in [-0.4, -0.2) is 94.6 Å². The number of likely N-dealkylation sites (tertiary alicyclic amines) is 1. The standard InChI is InChI=1S/C25H31FN6O3/c1-15-7-16-10-27-32(24-9-23(28-25(29-24)34-2)31-11-18(33)12-31)22(16)8-20(15)19-3-5-30(13-21(19)26)17-4-6-35-14-17/h7-10,17-19,21,33H,3-6,11-14H2,1-2H3/t17?,19-,21-/m1/s1. The minimum Gasteiger partial charge on any atom is -0.467 e. The van der Waals surface area contributed by atoms with Crippen LogP contribution in [0.1, 0.15) is 29.9 Å². The van der Waals surface area contributed by atoms with Crippen molar-refractivity contribution in [3.8, 4) is 11.8 Å². The van der Waals surface area contributed by atoms with Gasteiger partial charge in [0, 0.05) is 49.7 Å². The number of hydrogen-bond acceptors (Lipinski definition) is 8. The summed E-state index contributed by atoms with van der Waals surface area (Å²) in [4.78, 5) is 13.2. The maximum Gasteiger partial charge on any atom is 0.320 e. The first kappa shape index (κ1) is 22.6. The SMILES string of the molecule is COc1nc(N2CC(O)C2)cc(-n2ncc3cc(C)c([C@H]4CCN(C5CCOC5)C[C@H]4F)cc32)n1. The quantitative estimate of drug-likeness (QED) is 0.592. The van der Waals surface area contributed by atoms with Crippen LogP contribution in [0.4, 0.5) is 10.2 Å². The molecule has 0 saturated carbocycles. The van der Waals surface area contributed by atoms with Crippen LogP contribution in [-0.2, 0) is 4.74 Å². The van der Waals surface area contributed by atoms with Crippen molar-refractivity contribution in [2.75, 3.05) is 51.4 Å². The number of methoxy groups -OCH3 is 1. The van der Waals surface area contributed by atoms with Crippen LogP contribution >= 0.6 is 0 Å². The Labute approximate surface area is 203 Å². The Hall–Kier alpha value is -2.82. The van der Waals surface area contributed by atoms with E-state index in [2.05, 4.69) is 39.0 Å². The van der Waals surface area contributed by atoms with Gasteiger partial charge in [-0.05, 0) is 49.6 Å². The van der Waals surface area contributed by atoms with Crippen molar-refractivity contribution < 1.29 is 19.0 Å². The first-order chi connectivity index (χ1) is 17.0. The largest absolute Gasteiger partial charge is 0.467 e. The molecule has 186 valence electrons. The molecule has 0 radical (unpaired) electrons. The fraction of sp³-hybridized carbons (Fsp3) is 0.560. The van der Waals surface area contributed by atoms with E-state index < -0.39 is 6.17 Å². The number of alkyl halides is 1. The number of anilines is 1. The molecule has 2 aromatic heterocycles.